The fraction of sp³-hybridized carbons (Fsp3) is 0.143. The van der Waals surface area contributed by atoms with Crippen LogP contribution >= 0.6 is 11.6 Å². The molecule has 0 bridgehead atoms. The minimum Gasteiger partial charge on any atom is -0.392 e. The van der Waals surface area contributed by atoms with Crippen LogP contribution in [0.1, 0.15) is 21.5 Å². The Hall–Kier alpha value is -1.91. The number of amides is 1. The fourth-order valence-electron chi connectivity index (χ4n) is 1.71. The number of aliphatic hydroxyl groups excluding tert-OH is 1. The zero-order valence-electron chi connectivity index (χ0n) is 10.1. The molecule has 5 heteroatoms. The number of carbonyl (C=O) groups excluding carboxylic acids is 1. The van der Waals surface area contributed by atoms with E-state index in [4.69, 9.17) is 11.6 Å². The minimum absolute atomic E-state index is 0.0559. The van der Waals surface area contributed by atoms with E-state index in [0.29, 0.717) is 12.1 Å². The molecule has 0 aliphatic heterocycles. The topological polar surface area (TPSA) is 62.2 Å². The third-order valence-electron chi connectivity index (χ3n) is 2.73. The van der Waals surface area contributed by atoms with Gasteiger partial charge < -0.3 is 10.4 Å². The molecule has 1 heterocycles. The normalized spacial score (nSPS) is 10.2. The van der Waals surface area contributed by atoms with Gasteiger partial charge in [-0.05, 0) is 23.3 Å². The largest absolute Gasteiger partial charge is 0.392 e. The first-order chi connectivity index (χ1) is 9.22. The smallest absolute Gasteiger partial charge is 0.254 e. The maximum absolute atomic E-state index is 11.9. The van der Waals surface area contributed by atoms with Gasteiger partial charge in [-0.2, -0.15) is 0 Å². The fourth-order valence-corrected chi connectivity index (χ4v) is 1.92. The predicted octanol–water partition coefficient (Wildman–Crippen LogP) is 2.16. The second kappa shape index (κ2) is 6.31. The van der Waals surface area contributed by atoms with Crippen molar-refractivity contribution < 1.29 is 9.90 Å². The van der Waals surface area contributed by atoms with Crippen LogP contribution in [0.15, 0.2) is 42.6 Å². The number of nitrogens with zero attached hydrogens (tertiary/aromatic N) is 1. The summed E-state index contributed by atoms with van der Waals surface area (Å²) in [6.45, 7) is 0.278. The van der Waals surface area contributed by atoms with Crippen LogP contribution in [0.2, 0.25) is 5.15 Å². The Morgan fingerprint density at radius 1 is 1.21 bits per heavy atom. The molecule has 98 valence electrons. The molecule has 2 N–H and O–H groups in total. The van der Waals surface area contributed by atoms with Crippen molar-refractivity contribution in [1.29, 1.82) is 0 Å². The van der Waals surface area contributed by atoms with Crippen molar-refractivity contribution in [2.24, 2.45) is 0 Å². The highest BCUT2D eigenvalue weighted by molar-refractivity contribution is 6.32. The van der Waals surface area contributed by atoms with E-state index in [1.807, 2.05) is 24.3 Å². The molecule has 1 amide bonds. The van der Waals surface area contributed by atoms with Crippen molar-refractivity contribution in [1.82, 2.24) is 10.3 Å². The van der Waals surface area contributed by atoms with Crippen molar-refractivity contribution in [2.45, 2.75) is 13.2 Å². The van der Waals surface area contributed by atoms with E-state index >= 15 is 0 Å². The first-order valence-electron chi connectivity index (χ1n) is 5.78. The molecule has 0 saturated carbocycles. The number of rotatable bonds is 4. The Morgan fingerprint density at radius 3 is 2.63 bits per heavy atom. The Balaban J connectivity index is 2.07. The molecule has 2 aromatic rings. The monoisotopic (exact) mass is 276 g/mol. The molecule has 0 radical (unpaired) electrons. The zero-order valence-corrected chi connectivity index (χ0v) is 10.9. The van der Waals surface area contributed by atoms with E-state index in [9.17, 15) is 9.90 Å². The third-order valence-corrected chi connectivity index (χ3v) is 3.03. The van der Waals surface area contributed by atoms with Crippen LogP contribution < -0.4 is 5.32 Å². The molecule has 0 spiro atoms. The van der Waals surface area contributed by atoms with E-state index in [0.717, 1.165) is 11.1 Å². The van der Waals surface area contributed by atoms with Crippen LogP contribution in [0.4, 0.5) is 0 Å². The lowest BCUT2D eigenvalue weighted by Crippen LogP contribution is -2.23. The van der Waals surface area contributed by atoms with Crippen LogP contribution in [-0.2, 0) is 13.2 Å². The number of halogens is 1. The van der Waals surface area contributed by atoms with Gasteiger partial charge in [-0.25, -0.2) is 4.98 Å². The van der Waals surface area contributed by atoms with Gasteiger partial charge in [0, 0.05) is 12.7 Å². The van der Waals surface area contributed by atoms with E-state index in [1.54, 1.807) is 12.1 Å². The molecule has 2 rings (SSSR count). The average Bonchev–Trinajstić information content (AvgIpc) is 2.45. The van der Waals surface area contributed by atoms with Crippen LogP contribution in [-0.4, -0.2) is 16.0 Å². The first-order valence-corrected chi connectivity index (χ1v) is 6.16. The van der Waals surface area contributed by atoms with E-state index in [1.165, 1.54) is 6.20 Å². The molecule has 4 nitrogen and oxygen atoms in total. The number of hydrogen-bond acceptors (Lipinski definition) is 3. The highest BCUT2D eigenvalue weighted by atomic mass is 35.5. The van der Waals surface area contributed by atoms with Gasteiger partial charge >= 0.3 is 0 Å². The molecular weight excluding hydrogens is 264 g/mol. The summed E-state index contributed by atoms with van der Waals surface area (Å²) in [7, 11) is 0. The van der Waals surface area contributed by atoms with Gasteiger partial charge in [-0.3, -0.25) is 4.79 Å². The van der Waals surface area contributed by atoms with Crippen molar-refractivity contribution in [3.05, 3.63) is 64.4 Å². The summed E-state index contributed by atoms with van der Waals surface area (Å²) >= 11 is 5.85. The number of pyridine rings is 1. The van der Waals surface area contributed by atoms with Crippen LogP contribution in [0, 0.1) is 0 Å². The second-order valence-corrected chi connectivity index (χ2v) is 4.31. The number of hydrogen-bond donors (Lipinski definition) is 2. The van der Waals surface area contributed by atoms with Gasteiger partial charge in [0.2, 0.25) is 0 Å². The quantitative estimate of drug-likeness (QED) is 0.841. The summed E-state index contributed by atoms with van der Waals surface area (Å²) < 4.78 is 0. The standard InChI is InChI=1S/C14H13ClN2O2/c15-13-12(6-3-7-16-13)14(19)17-8-10-4-1-2-5-11(10)9-18/h1-7,18H,8-9H2,(H,17,19). The van der Waals surface area contributed by atoms with Crippen molar-refractivity contribution in [2.75, 3.05) is 0 Å². The number of benzene rings is 1. The summed E-state index contributed by atoms with van der Waals surface area (Å²) in [5, 5.41) is 12.1. The summed E-state index contributed by atoms with van der Waals surface area (Å²) in [5.41, 5.74) is 2.00. The Bertz CT molecular complexity index is 587. The summed E-state index contributed by atoms with van der Waals surface area (Å²) in [5.74, 6) is -0.286. The highest BCUT2D eigenvalue weighted by Gasteiger charge is 2.10. The lowest BCUT2D eigenvalue weighted by Gasteiger charge is -2.09. The first kappa shape index (κ1) is 13.5. The van der Waals surface area contributed by atoms with E-state index in [-0.39, 0.29) is 17.7 Å². The summed E-state index contributed by atoms with van der Waals surface area (Å²) in [6, 6.07) is 10.6. The van der Waals surface area contributed by atoms with Gasteiger partial charge in [0.1, 0.15) is 5.15 Å². The molecule has 0 saturated heterocycles. The summed E-state index contributed by atoms with van der Waals surface area (Å²) in [6.07, 6.45) is 1.53. The Morgan fingerprint density at radius 2 is 1.95 bits per heavy atom. The van der Waals surface area contributed by atoms with Crippen LogP contribution in [0.5, 0.6) is 0 Å². The van der Waals surface area contributed by atoms with Gasteiger partial charge in [0.25, 0.3) is 5.91 Å². The number of nitrogens with one attached hydrogen (secondary N) is 1. The molecule has 0 aliphatic carbocycles. The van der Waals surface area contributed by atoms with E-state index in [2.05, 4.69) is 10.3 Å². The number of aromatic nitrogens is 1. The highest BCUT2D eigenvalue weighted by Crippen LogP contribution is 2.12. The van der Waals surface area contributed by atoms with E-state index < -0.39 is 0 Å². The van der Waals surface area contributed by atoms with Crippen LogP contribution in [0.25, 0.3) is 0 Å². The Kier molecular flexibility index (Phi) is 4.49. The van der Waals surface area contributed by atoms with Gasteiger partial charge in [0.15, 0.2) is 0 Å². The molecule has 19 heavy (non-hydrogen) atoms. The Labute approximate surface area is 116 Å². The molecule has 0 aliphatic rings. The minimum atomic E-state index is -0.286. The van der Waals surface area contributed by atoms with Crippen molar-refractivity contribution in [3.8, 4) is 0 Å². The lowest BCUT2D eigenvalue weighted by molar-refractivity contribution is 0.0950. The van der Waals surface area contributed by atoms with Crippen molar-refractivity contribution in [3.63, 3.8) is 0 Å². The molecule has 1 aromatic carbocycles. The molecule has 0 atom stereocenters. The zero-order chi connectivity index (χ0) is 13.7. The molecule has 0 fully saturated rings. The van der Waals surface area contributed by atoms with Gasteiger partial charge in [0.05, 0.1) is 12.2 Å². The van der Waals surface area contributed by atoms with Gasteiger partial charge in [-0.15, -0.1) is 0 Å². The molecule has 0 unspecified atom stereocenters. The molecule has 1 aromatic heterocycles. The molecular formula is C14H13ClN2O2. The van der Waals surface area contributed by atoms with Crippen molar-refractivity contribution >= 4 is 17.5 Å². The summed E-state index contributed by atoms with van der Waals surface area (Å²) in [4.78, 5) is 15.8. The van der Waals surface area contributed by atoms with Gasteiger partial charge in [-0.1, -0.05) is 35.9 Å². The maximum Gasteiger partial charge on any atom is 0.254 e. The maximum atomic E-state index is 11.9. The second-order valence-electron chi connectivity index (χ2n) is 3.95. The predicted molar refractivity (Wildman–Crippen MR) is 72.8 cm³/mol. The SMILES string of the molecule is O=C(NCc1ccccc1CO)c1cccnc1Cl. The number of carbonyl (C=O) groups is 1. The lowest BCUT2D eigenvalue weighted by atomic mass is 10.1. The number of aliphatic hydroxyl groups is 1. The third kappa shape index (κ3) is 3.30. The average molecular weight is 277 g/mol. The van der Waals surface area contributed by atoms with Crippen LogP contribution in [0.3, 0.4) is 0 Å².